The third-order valence-electron chi connectivity index (χ3n) is 16.2. The second-order valence-electron chi connectivity index (χ2n) is 22.5. The average molecular weight is 1040 g/mol. The maximum absolute atomic E-state index is 14.5. The van der Waals surface area contributed by atoms with Crippen LogP contribution in [0.2, 0.25) is 0 Å². The van der Waals surface area contributed by atoms with E-state index in [2.05, 4.69) is 9.80 Å². The molecule has 1 aromatic carbocycles. The molecule has 6 N–H and O–H groups in total. The molecule has 0 saturated carbocycles. The number of amides is 1. The van der Waals surface area contributed by atoms with Crippen LogP contribution in [0, 0.1) is 23.6 Å². The fraction of sp³-hybridized carbons (Fsp3) is 0.849. The lowest BCUT2D eigenvalue weighted by atomic mass is 9.77. The van der Waals surface area contributed by atoms with E-state index in [0.29, 0.717) is 57.7 Å². The number of nitrogens with zero attached hydrogens (tertiary/aromatic N) is 4. The van der Waals surface area contributed by atoms with Crippen LogP contribution in [0.15, 0.2) is 24.3 Å². The number of rotatable bonds is 17. The molecule has 0 aliphatic carbocycles. The van der Waals surface area contributed by atoms with Crippen molar-refractivity contribution in [3.8, 4) is 0 Å². The number of ether oxygens (including phenoxy) is 7. The van der Waals surface area contributed by atoms with Crippen molar-refractivity contribution in [3.05, 3.63) is 30.1 Å². The summed E-state index contributed by atoms with van der Waals surface area (Å²) in [5.74, 6) is -3.32. The van der Waals surface area contributed by atoms with Gasteiger partial charge < -0.3 is 73.6 Å². The van der Waals surface area contributed by atoms with Crippen LogP contribution in [-0.2, 0) is 38.0 Å². The lowest BCUT2D eigenvalue weighted by molar-refractivity contribution is -0.318. The second kappa shape index (κ2) is 26.1. The SMILES string of the molecule is CC[C@H]1OC(=O)[C@H](C)[C@@H](O[C@H]2C[C@@](C)(OC)[C@@H](O)[C@H](C)O2)[C@H](C)[C@@H](O[C@@H]2O[C@H](C)C[C@H](N(C)CCCN(CCCO)C[C@H]3CN(c4cccc(F)c4)C(=O)O3)[C@H]2O)[C@](C)(O)C[C@@H](C)CN(C)[C@H](C)[C@@H](O)[C@]1(C)O. The summed E-state index contributed by atoms with van der Waals surface area (Å²) in [6.45, 7) is 20.2. The summed E-state index contributed by atoms with van der Waals surface area (Å²) in [4.78, 5) is 34.8. The van der Waals surface area contributed by atoms with Gasteiger partial charge in [-0.25, -0.2) is 9.18 Å². The molecule has 19 nitrogen and oxygen atoms in total. The van der Waals surface area contributed by atoms with Crippen molar-refractivity contribution in [1.29, 1.82) is 0 Å². The van der Waals surface area contributed by atoms with Gasteiger partial charge in [0, 0.05) is 57.8 Å². The minimum atomic E-state index is -1.85. The van der Waals surface area contributed by atoms with Gasteiger partial charge in [-0.05, 0) is 132 Å². The van der Waals surface area contributed by atoms with E-state index >= 15 is 0 Å². The number of cyclic esters (lactones) is 2. The zero-order chi connectivity index (χ0) is 54.3. The number of likely N-dealkylation sites (N-methyl/N-ethyl adjacent to an activating group) is 2. The molecule has 4 aliphatic rings. The molecule has 5 rings (SSSR count). The molecule has 1 amide bonds. The molecule has 420 valence electrons. The fourth-order valence-corrected chi connectivity index (χ4v) is 11.7. The number of hydrogen-bond acceptors (Lipinski definition) is 18. The van der Waals surface area contributed by atoms with Crippen molar-refractivity contribution in [2.45, 2.75) is 204 Å². The van der Waals surface area contributed by atoms with E-state index in [1.807, 2.05) is 32.8 Å². The highest BCUT2D eigenvalue weighted by Crippen LogP contribution is 2.40. The van der Waals surface area contributed by atoms with Gasteiger partial charge in [0.05, 0.1) is 53.8 Å². The summed E-state index contributed by atoms with van der Waals surface area (Å²) in [6.07, 6.45) is -9.24. The number of aliphatic hydroxyl groups excluding tert-OH is 4. The Labute approximate surface area is 433 Å². The summed E-state index contributed by atoms with van der Waals surface area (Å²) >= 11 is 0. The number of halogens is 1. The highest BCUT2D eigenvalue weighted by Gasteiger charge is 2.53. The van der Waals surface area contributed by atoms with E-state index in [0.717, 1.165) is 0 Å². The normalized spacial score (nSPS) is 40.9. The van der Waals surface area contributed by atoms with Crippen molar-refractivity contribution in [1.82, 2.24) is 14.7 Å². The Morgan fingerprint density at radius 1 is 0.904 bits per heavy atom. The van der Waals surface area contributed by atoms with Gasteiger partial charge in [0.25, 0.3) is 0 Å². The number of hydrogen-bond donors (Lipinski definition) is 6. The summed E-state index contributed by atoms with van der Waals surface area (Å²) in [6, 6.07) is 4.77. The summed E-state index contributed by atoms with van der Waals surface area (Å²) < 4.78 is 58.0. The van der Waals surface area contributed by atoms with Crippen molar-refractivity contribution in [3.63, 3.8) is 0 Å². The molecule has 0 aromatic heterocycles. The zero-order valence-electron chi connectivity index (χ0n) is 45.8. The number of carbonyl (C=O) groups excluding carboxylic acids is 2. The lowest BCUT2D eigenvalue weighted by Crippen LogP contribution is -2.61. The summed E-state index contributed by atoms with van der Waals surface area (Å²) in [7, 11) is 5.24. The first-order chi connectivity index (χ1) is 34.2. The van der Waals surface area contributed by atoms with Crippen LogP contribution < -0.4 is 4.90 Å². The molecule has 4 fully saturated rings. The molecule has 4 aliphatic heterocycles. The Kier molecular flexibility index (Phi) is 21.9. The topological polar surface area (TPSA) is 233 Å². The second-order valence-corrected chi connectivity index (χ2v) is 22.5. The number of anilines is 1. The maximum Gasteiger partial charge on any atom is 0.414 e. The van der Waals surface area contributed by atoms with Crippen LogP contribution in [0.3, 0.4) is 0 Å². The van der Waals surface area contributed by atoms with Crippen molar-refractivity contribution in [2.75, 3.05) is 72.0 Å². The molecule has 73 heavy (non-hydrogen) atoms. The van der Waals surface area contributed by atoms with Crippen LogP contribution in [-0.4, -0.2) is 221 Å². The quantitative estimate of drug-likeness (QED) is 0.123. The van der Waals surface area contributed by atoms with E-state index in [9.17, 15) is 44.6 Å². The first kappa shape index (κ1) is 61.2. The lowest BCUT2D eigenvalue weighted by Gasteiger charge is -2.49. The van der Waals surface area contributed by atoms with Crippen molar-refractivity contribution >= 4 is 17.7 Å². The molecule has 19 atom stereocenters. The maximum atomic E-state index is 14.5. The Morgan fingerprint density at radius 3 is 2.23 bits per heavy atom. The number of esters is 1. The summed E-state index contributed by atoms with van der Waals surface area (Å²) in [5, 5.41) is 69.5. The third-order valence-corrected chi connectivity index (χ3v) is 16.2. The molecule has 20 heteroatoms. The standard InChI is InChI=1S/C53H91FN4O15/c1-14-41-53(10,66)45(61)35(6)56(12)28-31(2)26-51(8,65)47(33(4)44(34(5)48(63)71-41)72-42-27-52(9,67-13)46(62)36(7)69-42)73-49-43(60)40(24-32(3)68-49)55(11)20-16-21-57(22-17-23-59)29-39-30-58(50(64)70-39)38-19-15-18-37(54)25-38/h15,18-19,25,31-36,39-47,49,59-62,65-66H,14,16-17,20-24,26-30H2,1-13H3/t31-,32-,33+,34-,35-,36+,39+,40+,41-,42+,43-,44+,45-,46+,47-,49+,51-,52-,53-/m1/s1. The molecule has 0 bridgehead atoms. The monoisotopic (exact) mass is 1040 g/mol. The number of aliphatic hydroxyl groups is 6. The number of carbonyl (C=O) groups is 2. The Hall–Kier alpha value is -2.67. The Bertz CT molecular complexity index is 1910. The molecule has 4 heterocycles. The van der Waals surface area contributed by atoms with Crippen LogP contribution >= 0.6 is 0 Å². The van der Waals surface area contributed by atoms with Gasteiger partial charge >= 0.3 is 12.1 Å². The highest BCUT2D eigenvalue weighted by atomic mass is 19.1. The van der Waals surface area contributed by atoms with Gasteiger partial charge in [0.1, 0.15) is 41.9 Å². The van der Waals surface area contributed by atoms with Gasteiger partial charge in [0.2, 0.25) is 0 Å². The van der Waals surface area contributed by atoms with Crippen LogP contribution in [0.5, 0.6) is 0 Å². The smallest absolute Gasteiger partial charge is 0.414 e. The first-order valence-corrected chi connectivity index (χ1v) is 26.5. The van der Waals surface area contributed by atoms with E-state index < -0.39 is 126 Å². The van der Waals surface area contributed by atoms with Crippen molar-refractivity contribution < 1.29 is 77.8 Å². The molecule has 1 aromatic rings. The van der Waals surface area contributed by atoms with E-state index in [1.54, 1.807) is 60.6 Å². The summed E-state index contributed by atoms with van der Waals surface area (Å²) in [5.41, 5.74) is -4.17. The predicted molar refractivity (Wildman–Crippen MR) is 270 cm³/mol. The van der Waals surface area contributed by atoms with Gasteiger partial charge in [-0.2, -0.15) is 0 Å². The molecule has 0 unspecified atom stereocenters. The van der Waals surface area contributed by atoms with E-state index in [4.69, 9.17) is 33.2 Å². The van der Waals surface area contributed by atoms with Gasteiger partial charge in [-0.15, -0.1) is 0 Å². The minimum Gasteiger partial charge on any atom is -0.459 e. The number of benzene rings is 1. The largest absolute Gasteiger partial charge is 0.459 e. The molecule has 0 spiro atoms. The average Bonchev–Trinajstić information content (AvgIpc) is 3.70. The predicted octanol–water partition coefficient (Wildman–Crippen LogP) is 3.51. The van der Waals surface area contributed by atoms with Crippen molar-refractivity contribution in [2.24, 2.45) is 17.8 Å². The van der Waals surface area contributed by atoms with Gasteiger partial charge in [0.15, 0.2) is 12.6 Å². The molecular weight excluding hydrogens is 952 g/mol. The molecule has 4 saturated heterocycles. The Morgan fingerprint density at radius 2 is 1.59 bits per heavy atom. The molecule has 0 radical (unpaired) electrons. The van der Waals surface area contributed by atoms with Gasteiger partial charge in [-0.3, -0.25) is 14.6 Å². The minimum absolute atomic E-state index is 0.0149. The fourth-order valence-electron chi connectivity index (χ4n) is 11.7. The van der Waals surface area contributed by atoms with E-state index in [1.165, 1.54) is 31.1 Å². The van der Waals surface area contributed by atoms with E-state index in [-0.39, 0.29) is 38.3 Å². The van der Waals surface area contributed by atoms with Crippen LogP contribution in [0.1, 0.15) is 108 Å². The number of methoxy groups -OCH3 is 1. The molecular formula is C53H91FN4O15. The highest BCUT2D eigenvalue weighted by molar-refractivity contribution is 5.89. The zero-order valence-corrected chi connectivity index (χ0v) is 45.8. The van der Waals surface area contributed by atoms with Gasteiger partial charge in [-0.1, -0.05) is 26.8 Å². The Balaban J connectivity index is 1.40. The first-order valence-electron chi connectivity index (χ1n) is 26.5. The third kappa shape index (κ3) is 15.1. The van der Waals surface area contributed by atoms with Crippen LogP contribution in [0.4, 0.5) is 14.9 Å². The van der Waals surface area contributed by atoms with Crippen LogP contribution in [0.25, 0.3) is 0 Å².